The minimum absolute atomic E-state index is 0. The maximum absolute atomic E-state index is 12.9. The van der Waals surface area contributed by atoms with Crippen LogP contribution in [0.4, 0.5) is 10.5 Å². The van der Waals surface area contributed by atoms with E-state index in [0.717, 1.165) is 13.1 Å². The molecule has 0 aliphatic carbocycles. The van der Waals surface area contributed by atoms with Gasteiger partial charge in [-0.2, -0.15) is 0 Å². The quantitative estimate of drug-likeness (QED) is 0.558. The number of benzene rings is 1. The molecule has 3 rings (SSSR count). The molecule has 0 aromatic heterocycles. The number of hydrogen-bond donors (Lipinski definition) is 4. The Morgan fingerprint density at radius 2 is 1.96 bits per heavy atom. The number of carbonyl (C=O) groups excluding carboxylic acids is 3. The number of nitrogens with one attached hydrogen (secondary N) is 4. The van der Waals surface area contributed by atoms with Crippen LogP contribution < -0.4 is 21.3 Å². The molecule has 2 saturated heterocycles. The fourth-order valence-corrected chi connectivity index (χ4v) is 3.54. The number of anilines is 1. The monoisotopic (exact) mass is 396 g/mol. The highest BCUT2D eigenvalue weighted by atomic mass is 35.5. The van der Waals surface area contributed by atoms with Crippen LogP contribution in [-0.4, -0.2) is 44.7 Å². The van der Waals surface area contributed by atoms with Gasteiger partial charge < -0.3 is 20.7 Å². The van der Waals surface area contributed by atoms with E-state index in [9.17, 15) is 14.4 Å². The van der Waals surface area contributed by atoms with Crippen LogP contribution >= 0.6 is 12.4 Å². The van der Waals surface area contributed by atoms with E-state index in [4.69, 9.17) is 4.74 Å². The molecular formula is C18H25ClN4O4. The van der Waals surface area contributed by atoms with E-state index in [0.29, 0.717) is 30.7 Å². The maximum atomic E-state index is 12.9. The maximum Gasteiger partial charge on any atom is 0.322 e. The standard InChI is InChI=1S/C18H24N4O4.ClH/c1-17(14(23)21-16(25)22-17)12-4-3-5-13(10-12)20-15(24)18(11-26-2)6-8-19-9-7-18;/h3-5,10,19H,6-9,11H2,1-2H3,(H,20,24)(H2,21,22,23,25);1H. The Balaban J connectivity index is 0.00000261. The lowest BCUT2D eigenvalue weighted by Crippen LogP contribution is -2.47. The average molecular weight is 397 g/mol. The number of hydrogen-bond acceptors (Lipinski definition) is 5. The van der Waals surface area contributed by atoms with Crippen molar-refractivity contribution in [2.75, 3.05) is 32.1 Å². The average Bonchev–Trinajstić information content (AvgIpc) is 2.89. The van der Waals surface area contributed by atoms with Crippen LogP contribution in [0, 0.1) is 5.41 Å². The van der Waals surface area contributed by atoms with Gasteiger partial charge in [0.1, 0.15) is 5.54 Å². The van der Waals surface area contributed by atoms with Crippen LogP contribution in [0.2, 0.25) is 0 Å². The Kier molecular flexibility index (Phi) is 6.46. The van der Waals surface area contributed by atoms with Crippen molar-refractivity contribution in [3.8, 4) is 0 Å². The van der Waals surface area contributed by atoms with Gasteiger partial charge in [-0.15, -0.1) is 12.4 Å². The van der Waals surface area contributed by atoms with Crippen LogP contribution in [0.3, 0.4) is 0 Å². The minimum atomic E-state index is -1.16. The summed E-state index contributed by atoms with van der Waals surface area (Å²) in [6, 6.07) is 6.45. The molecule has 1 aromatic carbocycles. The van der Waals surface area contributed by atoms with E-state index >= 15 is 0 Å². The first kappa shape index (κ1) is 21.1. The highest BCUT2D eigenvalue weighted by molar-refractivity contribution is 6.07. The largest absolute Gasteiger partial charge is 0.384 e. The Morgan fingerprint density at radius 3 is 2.56 bits per heavy atom. The second-order valence-electron chi connectivity index (χ2n) is 7.03. The molecule has 0 radical (unpaired) electrons. The fraction of sp³-hybridized carbons (Fsp3) is 0.500. The van der Waals surface area contributed by atoms with Crippen molar-refractivity contribution in [3.05, 3.63) is 29.8 Å². The van der Waals surface area contributed by atoms with E-state index in [1.54, 1.807) is 38.3 Å². The van der Waals surface area contributed by atoms with Gasteiger partial charge in [0, 0.05) is 12.8 Å². The number of amides is 4. The van der Waals surface area contributed by atoms with Crippen LogP contribution in [0.1, 0.15) is 25.3 Å². The lowest BCUT2D eigenvalue weighted by Gasteiger charge is -2.35. The van der Waals surface area contributed by atoms with Gasteiger partial charge in [0.05, 0.1) is 12.0 Å². The topological polar surface area (TPSA) is 109 Å². The van der Waals surface area contributed by atoms with Crippen molar-refractivity contribution in [2.45, 2.75) is 25.3 Å². The Hall–Kier alpha value is -2.16. The van der Waals surface area contributed by atoms with Crippen molar-refractivity contribution >= 4 is 35.9 Å². The summed E-state index contributed by atoms with van der Waals surface area (Å²) in [6.07, 6.45) is 1.39. The summed E-state index contributed by atoms with van der Waals surface area (Å²) < 4.78 is 5.30. The van der Waals surface area contributed by atoms with Gasteiger partial charge in [0.25, 0.3) is 5.91 Å². The second kappa shape index (κ2) is 8.24. The Morgan fingerprint density at radius 1 is 1.26 bits per heavy atom. The minimum Gasteiger partial charge on any atom is -0.384 e. The number of methoxy groups -OCH3 is 1. The zero-order valence-electron chi connectivity index (χ0n) is 15.4. The lowest BCUT2D eigenvalue weighted by atomic mass is 9.78. The molecule has 27 heavy (non-hydrogen) atoms. The normalized spacial score (nSPS) is 23.8. The summed E-state index contributed by atoms with van der Waals surface area (Å²) in [5, 5.41) is 11.1. The number of halogens is 1. The zero-order valence-corrected chi connectivity index (χ0v) is 16.2. The number of rotatable bonds is 5. The van der Waals surface area contributed by atoms with E-state index in [1.807, 2.05) is 0 Å². The molecule has 9 heteroatoms. The number of imide groups is 1. The molecule has 2 heterocycles. The molecule has 4 amide bonds. The number of urea groups is 1. The van der Waals surface area contributed by atoms with Gasteiger partial charge in [0.15, 0.2) is 0 Å². The van der Waals surface area contributed by atoms with Gasteiger partial charge in [0.2, 0.25) is 5.91 Å². The Labute approximate surface area is 164 Å². The van der Waals surface area contributed by atoms with Gasteiger partial charge in [-0.05, 0) is 50.6 Å². The van der Waals surface area contributed by atoms with Crippen LogP contribution in [-0.2, 0) is 19.9 Å². The summed E-state index contributed by atoms with van der Waals surface area (Å²) in [5.74, 6) is -0.511. The van der Waals surface area contributed by atoms with Crippen molar-refractivity contribution in [1.29, 1.82) is 0 Å². The first-order chi connectivity index (χ1) is 12.4. The summed E-state index contributed by atoms with van der Waals surface area (Å²) in [7, 11) is 1.60. The third kappa shape index (κ3) is 4.07. The number of carbonyl (C=O) groups is 3. The van der Waals surface area contributed by atoms with Crippen molar-refractivity contribution in [3.63, 3.8) is 0 Å². The molecule has 8 nitrogen and oxygen atoms in total. The number of piperidine rings is 1. The predicted octanol–water partition coefficient (Wildman–Crippen LogP) is 1.12. The third-order valence-corrected chi connectivity index (χ3v) is 5.21. The smallest absolute Gasteiger partial charge is 0.322 e. The van der Waals surface area contributed by atoms with Gasteiger partial charge in [-0.3, -0.25) is 14.9 Å². The van der Waals surface area contributed by atoms with Crippen molar-refractivity contribution < 1.29 is 19.1 Å². The molecule has 1 unspecified atom stereocenters. The summed E-state index contributed by atoms with van der Waals surface area (Å²) >= 11 is 0. The SMILES string of the molecule is COCC1(C(=O)Nc2cccc(C3(C)NC(=O)NC3=O)c2)CCNCC1.Cl. The molecule has 0 bridgehead atoms. The fourth-order valence-electron chi connectivity index (χ4n) is 3.54. The molecule has 0 spiro atoms. The van der Waals surface area contributed by atoms with E-state index in [1.165, 1.54) is 0 Å². The summed E-state index contributed by atoms with van der Waals surface area (Å²) in [6.45, 7) is 3.52. The first-order valence-electron chi connectivity index (χ1n) is 8.65. The molecule has 2 fully saturated rings. The molecule has 0 saturated carbocycles. The molecule has 2 aliphatic heterocycles. The van der Waals surface area contributed by atoms with E-state index < -0.39 is 22.9 Å². The molecule has 1 atom stereocenters. The van der Waals surface area contributed by atoms with Crippen LogP contribution in [0.15, 0.2) is 24.3 Å². The van der Waals surface area contributed by atoms with Gasteiger partial charge in [-0.1, -0.05) is 12.1 Å². The molecule has 4 N–H and O–H groups in total. The molecule has 148 valence electrons. The predicted molar refractivity (Wildman–Crippen MR) is 103 cm³/mol. The summed E-state index contributed by atoms with van der Waals surface area (Å²) in [5.41, 5.74) is -0.545. The lowest BCUT2D eigenvalue weighted by molar-refractivity contribution is -0.130. The zero-order chi connectivity index (χ0) is 18.8. The summed E-state index contributed by atoms with van der Waals surface area (Å²) in [4.78, 5) is 36.6. The Bertz CT molecular complexity index is 730. The highest BCUT2D eigenvalue weighted by Crippen LogP contribution is 2.32. The van der Waals surface area contributed by atoms with Crippen LogP contribution in [0.5, 0.6) is 0 Å². The molecular weight excluding hydrogens is 372 g/mol. The highest BCUT2D eigenvalue weighted by Gasteiger charge is 2.44. The van der Waals surface area contributed by atoms with Crippen molar-refractivity contribution in [1.82, 2.24) is 16.0 Å². The third-order valence-electron chi connectivity index (χ3n) is 5.21. The number of ether oxygens (including phenoxy) is 1. The van der Waals surface area contributed by atoms with Crippen molar-refractivity contribution in [2.24, 2.45) is 5.41 Å². The van der Waals surface area contributed by atoms with Crippen LogP contribution in [0.25, 0.3) is 0 Å². The molecule has 2 aliphatic rings. The van der Waals surface area contributed by atoms with Gasteiger partial charge >= 0.3 is 6.03 Å². The molecule has 1 aromatic rings. The van der Waals surface area contributed by atoms with E-state index in [-0.39, 0.29) is 18.3 Å². The van der Waals surface area contributed by atoms with E-state index in [2.05, 4.69) is 21.3 Å². The second-order valence-corrected chi connectivity index (χ2v) is 7.03. The van der Waals surface area contributed by atoms with Gasteiger partial charge in [-0.25, -0.2) is 4.79 Å². The first-order valence-corrected chi connectivity index (χ1v) is 8.65.